The highest BCUT2D eigenvalue weighted by Crippen LogP contribution is 2.58. The lowest BCUT2D eigenvalue weighted by atomic mass is 9.74. The third-order valence-corrected chi connectivity index (χ3v) is 9.31. The van der Waals surface area contributed by atoms with Gasteiger partial charge in [-0.05, 0) is 63.6 Å². The maximum Gasteiger partial charge on any atom is 0.255 e. The molecule has 0 fully saturated rings. The van der Waals surface area contributed by atoms with Crippen LogP contribution in [-0.4, -0.2) is 61.0 Å². The number of nitrogens with one attached hydrogen (secondary N) is 1. The van der Waals surface area contributed by atoms with Gasteiger partial charge in [0, 0.05) is 85.7 Å². The minimum atomic E-state index is -0.961. The lowest BCUT2D eigenvalue weighted by Gasteiger charge is -2.45. The molecule has 0 bridgehead atoms. The van der Waals surface area contributed by atoms with E-state index in [2.05, 4.69) is 84.2 Å². The number of carbonyl (C=O) groups excluding carboxylic acids is 2. The summed E-state index contributed by atoms with van der Waals surface area (Å²) in [5, 5.41) is 3.10. The zero-order chi connectivity index (χ0) is 31.7. The van der Waals surface area contributed by atoms with Crippen LogP contribution in [0.1, 0.15) is 65.1 Å². The number of halogens is 1. The average molecular weight is 624 g/mol. The highest BCUT2D eigenvalue weighted by molar-refractivity contribution is 6.32. The number of fused-ring (bicyclic) bond motifs is 6. The van der Waals surface area contributed by atoms with Crippen LogP contribution in [0.5, 0.6) is 11.5 Å². The summed E-state index contributed by atoms with van der Waals surface area (Å²) in [7, 11) is 0. The van der Waals surface area contributed by atoms with E-state index in [1.54, 1.807) is 18.3 Å². The van der Waals surface area contributed by atoms with Crippen molar-refractivity contribution in [2.24, 2.45) is 0 Å². The SMILES string of the molecule is CCN(CC)c1ccc2c(c1)Oc1cc(N(CC)CC)ccc1C21c2ccccc2C(=O)N1CCNC(=O)c1cccnc1Cl. The van der Waals surface area contributed by atoms with Gasteiger partial charge in [0.25, 0.3) is 11.8 Å². The molecular formula is C36H38ClN5O3. The molecule has 1 aromatic heterocycles. The molecule has 1 spiro atoms. The van der Waals surface area contributed by atoms with Crippen LogP contribution in [0.3, 0.4) is 0 Å². The van der Waals surface area contributed by atoms with E-state index in [1.165, 1.54) is 0 Å². The topological polar surface area (TPSA) is 78.0 Å². The van der Waals surface area contributed by atoms with Crippen molar-refractivity contribution in [2.75, 3.05) is 49.1 Å². The van der Waals surface area contributed by atoms with Crippen LogP contribution >= 0.6 is 11.6 Å². The number of amides is 2. The quantitative estimate of drug-likeness (QED) is 0.198. The first kappa shape index (κ1) is 30.5. The van der Waals surface area contributed by atoms with Gasteiger partial charge in [-0.2, -0.15) is 0 Å². The van der Waals surface area contributed by atoms with Gasteiger partial charge in [0.15, 0.2) is 0 Å². The number of hydrogen-bond acceptors (Lipinski definition) is 6. The number of anilines is 2. The third kappa shape index (κ3) is 4.97. The molecule has 0 radical (unpaired) electrons. The zero-order valence-electron chi connectivity index (χ0n) is 26.1. The Morgan fingerprint density at radius 1 is 0.844 bits per heavy atom. The van der Waals surface area contributed by atoms with E-state index in [0.717, 1.165) is 54.2 Å². The molecule has 45 heavy (non-hydrogen) atoms. The van der Waals surface area contributed by atoms with E-state index in [-0.39, 0.29) is 30.1 Å². The highest BCUT2D eigenvalue weighted by Gasteiger charge is 2.56. The predicted octanol–water partition coefficient (Wildman–Crippen LogP) is 6.71. The fourth-order valence-electron chi connectivity index (χ4n) is 6.83. The van der Waals surface area contributed by atoms with Crippen LogP contribution in [0.25, 0.3) is 0 Å². The largest absolute Gasteiger partial charge is 0.456 e. The van der Waals surface area contributed by atoms with Crippen LogP contribution in [-0.2, 0) is 5.54 Å². The van der Waals surface area contributed by atoms with Crippen LogP contribution in [0, 0.1) is 0 Å². The molecule has 1 N–H and O–H groups in total. The number of benzene rings is 3. The maximum absolute atomic E-state index is 14.4. The second-order valence-corrected chi connectivity index (χ2v) is 11.5. The fraction of sp³-hybridized carbons (Fsp3) is 0.306. The van der Waals surface area contributed by atoms with E-state index in [4.69, 9.17) is 16.3 Å². The van der Waals surface area contributed by atoms with Gasteiger partial charge < -0.3 is 24.8 Å². The standard InChI is InChI=1S/C36H38ClN5O3/c1-5-40(6-2)24-15-17-29-31(22-24)45-32-23-25(41(7-3)8-4)16-18-30(32)36(29)28-14-10-9-12-26(28)35(44)42(36)21-20-39-34(43)27-13-11-19-38-33(27)37/h9-19,22-23H,5-8,20-21H2,1-4H3,(H,39,43). The number of pyridine rings is 1. The summed E-state index contributed by atoms with van der Waals surface area (Å²) in [4.78, 5) is 37.9. The van der Waals surface area contributed by atoms with E-state index in [9.17, 15) is 9.59 Å². The molecule has 2 amide bonds. The molecule has 4 aromatic rings. The van der Waals surface area contributed by atoms with Gasteiger partial charge in [-0.3, -0.25) is 9.59 Å². The Morgan fingerprint density at radius 2 is 1.44 bits per heavy atom. The van der Waals surface area contributed by atoms with Crippen molar-refractivity contribution >= 4 is 34.8 Å². The zero-order valence-corrected chi connectivity index (χ0v) is 26.9. The van der Waals surface area contributed by atoms with Gasteiger partial charge in [0.05, 0.1) is 5.56 Å². The Bertz CT molecular complexity index is 1690. The van der Waals surface area contributed by atoms with Crippen molar-refractivity contribution in [3.8, 4) is 11.5 Å². The summed E-state index contributed by atoms with van der Waals surface area (Å²) < 4.78 is 6.75. The second kappa shape index (κ2) is 12.4. The highest BCUT2D eigenvalue weighted by atomic mass is 35.5. The third-order valence-electron chi connectivity index (χ3n) is 9.01. The smallest absolute Gasteiger partial charge is 0.255 e. The van der Waals surface area contributed by atoms with Gasteiger partial charge in [0.1, 0.15) is 22.2 Å². The number of aromatic nitrogens is 1. The van der Waals surface area contributed by atoms with Gasteiger partial charge in [-0.1, -0.05) is 41.9 Å². The molecule has 0 saturated carbocycles. The summed E-state index contributed by atoms with van der Waals surface area (Å²) in [5.41, 5.74) is 4.76. The molecular weight excluding hydrogens is 586 g/mol. The first-order valence-corrected chi connectivity index (χ1v) is 16.0. The first-order chi connectivity index (χ1) is 21.9. The average Bonchev–Trinajstić information content (AvgIpc) is 3.30. The molecule has 9 heteroatoms. The Hall–Kier alpha value is -4.56. The van der Waals surface area contributed by atoms with Crippen molar-refractivity contribution in [2.45, 2.75) is 33.2 Å². The van der Waals surface area contributed by atoms with Crippen molar-refractivity contribution in [1.82, 2.24) is 15.2 Å². The molecule has 2 aliphatic heterocycles. The summed E-state index contributed by atoms with van der Waals surface area (Å²) >= 11 is 6.19. The van der Waals surface area contributed by atoms with Gasteiger partial charge in [0.2, 0.25) is 0 Å². The van der Waals surface area contributed by atoms with Crippen LogP contribution in [0.4, 0.5) is 11.4 Å². The van der Waals surface area contributed by atoms with E-state index < -0.39 is 5.54 Å². The van der Waals surface area contributed by atoms with Crippen molar-refractivity contribution < 1.29 is 14.3 Å². The number of nitrogens with zero attached hydrogens (tertiary/aromatic N) is 4. The number of rotatable bonds is 10. The number of carbonyl (C=O) groups is 2. The maximum atomic E-state index is 14.4. The summed E-state index contributed by atoms with van der Waals surface area (Å²) in [6, 6.07) is 23.7. The van der Waals surface area contributed by atoms with Crippen molar-refractivity contribution in [3.05, 3.63) is 112 Å². The minimum Gasteiger partial charge on any atom is -0.456 e. The fourth-order valence-corrected chi connectivity index (χ4v) is 7.04. The van der Waals surface area contributed by atoms with Crippen LogP contribution in [0.15, 0.2) is 79.0 Å². The van der Waals surface area contributed by atoms with Gasteiger partial charge >= 0.3 is 0 Å². The van der Waals surface area contributed by atoms with Crippen molar-refractivity contribution in [1.29, 1.82) is 0 Å². The van der Waals surface area contributed by atoms with Crippen LogP contribution < -0.4 is 19.9 Å². The molecule has 3 heterocycles. The Labute approximate surface area is 269 Å². The lowest BCUT2D eigenvalue weighted by molar-refractivity contribution is 0.0660. The second-order valence-electron chi connectivity index (χ2n) is 11.1. The monoisotopic (exact) mass is 623 g/mol. The van der Waals surface area contributed by atoms with Gasteiger partial charge in [-0.25, -0.2) is 4.98 Å². The van der Waals surface area contributed by atoms with Crippen LogP contribution in [0.2, 0.25) is 5.15 Å². The lowest BCUT2D eigenvalue weighted by Crippen LogP contribution is -2.50. The van der Waals surface area contributed by atoms with E-state index in [1.807, 2.05) is 29.2 Å². The molecule has 2 aliphatic rings. The molecule has 0 saturated heterocycles. The van der Waals surface area contributed by atoms with Gasteiger partial charge in [-0.15, -0.1) is 0 Å². The normalized spacial score (nSPS) is 14.0. The first-order valence-electron chi connectivity index (χ1n) is 15.7. The Kier molecular flexibility index (Phi) is 8.42. The predicted molar refractivity (Wildman–Crippen MR) is 179 cm³/mol. The molecule has 0 unspecified atom stereocenters. The molecule has 0 atom stereocenters. The Morgan fingerprint density at radius 3 is 2.02 bits per heavy atom. The Balaban J connectivity index is 1.51. The van der Waals surface area contributed by atoms with E-state index in [0.29, 0.717) is 22.6 Å². The summed E-state index contributed by atoms with van der Waals surface area (Å²) in [6.07, 6.45) is 1.54. The number of ether oxygens (including phenoxy) is 1. The molecule has 0 aliphatic carbocycles. The molecule has 6 rings (SSSR count). The number of hydrogen-bond donors (Lipinski definition) is 1. The minimum absolute atomic E-state index is 0.0984. The molecule has 3 aromatic carbocycles. The van der Waals surface area contributed by atoms with E-state index >= 15 is 0 Å². The molecule has 232 valence electrons. The van der Waals surface area contributed by atoms with Crippen molar-refractivity contribution in [3.63, 3.8) is 0 Å². The summed E-state index contributed by atoms with van der Waals surface area (Å²) in [5.74, 6) is 0.985. The molecule has 8 nitrogen and oxygen atoms in total. The summed E-state index contributed by atoms with van der Waals surface area (Å²) in [6.45, 7) is 12.4.